The Morgan fingerprint density at radius 1 is 1.00 bits per heavy atom. The zero-order valence-corrected chi connectivity index (χ0v) is 20.0. The van der Waals surface area contributed by atoms with Crippen LogP contribution in [0.2, 0.25) is 0 Å². The van der Waals surface area contributed by atoms with E-state index in [1.807, 2.05) is 18.2 Å². The van der Waals surface area contributed by atoms with E-state index in [0.717, 1.165) is 36.7 Å². The van der Waals surface area contributed by atoms with Gasteiger partial charge in [-0.3, -0.25) is 0 Å². The topological polar surface area (TPSA) is 33.7 Å². The van der Waals surface area contributed by atoms with Crippen molar-refractivity contribution in [1.82, 2.24) is 5.32 Å². The maximum atomic E-state index is 13.6. The Labute approximate surface area is 201 Å². The third kappa shape index (κ3) is 4.90. The lowest BCUT2D eigenvalue weighted by atomic mass is 9.97. The van der Waals surface area contributed by atoms with E-state index in [-0.39, 0.29) is 18.0 Å². The first kappa shape index (κ1) is 22.7. The summed E-state index contributed by atoms with van der Waals surface area (Å²) in [5.41, 5.74) is 4.82. The van der Waals surface area contributed by atoms with Crippen LogP contribution >= 0.6 is 0 Å². The number of hydrogen-bond acceptors (Lipinski definition) is 4. The largest absolute Gasteiger partial charge is 0.497 e. The van der Waals surface area contributed by atoms with Crippen LogP contribution in [0, 0.1) is 5.82 Å². The highest BCUT2D eigenvalue weighted by Gasteiger charge is 2.31. The molecule has 3 aromatic carbocycles. The first-order valence-corrected chi connectivity index (χ1v) is 12.3. The van der Waals surface area contributed by atoms with Crippen molar-refractivity contribution in [1.29, 1.82) is 0 Å². The summed E-state index contributed by atoms with van der Waals surface area (Å²) in [5.74, 6) is 1.56. The van der Waals surface area contributed by atoms with Gasteiger partial charge in [-0.25, -0.2) is 4.39 Å². The number of fused-ring (bicyclic) bond motifs is 1. The number of methoxy groups -OCH3 is 1. The molecule has 3 unspecified atom stereocenters. The number of hydrogen-bond donors (Lipinski definition) is 1. The van der Waals surface area contributed by atoms with Crippen LogP contribution in [-0.2, 0) is 13.0 Å². The Kier molecular flexibility index (Phi) is 6.73. The summed E-state index contributed by atoms with van der Waals surface area (Å²) in [4.78, 5) is 2.35. The summed E-state index contributed by atoms with van der Waals surface area (Å²) in [7, 11) is 1.70. The fourth-order valence-electron chi connectivity index (χ4n) is 5.26. The molecule has 3 atom stereocenters. The Hall–Kier alpha value is -3.05. The van der Waals surface area contributed by atoms with E-state index in [0.29, 0.717) is 6.04 Å². The fourth-order valence-corrected chi connectivity index (χ4v) is 5.26. The highest BCUT2D eigenvalue weighted by atomic mass is 19.1. The number of benzene rings is 3. The van der Waals surface area contributed by atoms with Crippen LogP contribution in [0.15, 0.2) is 66.7 Å². The number of halogens is 1. The SMILES string of the molecule is COc1ccc2c(c1)CN(c1ccc(F)cc1)C2Cc1ccc(OC(C)C2CCCCN2)cc1. The average Bonchev–Trinajstić information content (AvgIpc) is 3.23. The second-order valence-electron chi connectivity index (χ2n) is 9.41. The minimum absolute atomic E-state index is 0.150. The highest BCUT2D eigenvalue weighted by Crippen LogP contribution is 2.41. The van der Waals surface area contributed by atoms with Crippen molar-refractivity contribution in [3.8, 4) is 11.5 Å². The van der Waals surface area contributed by atoms with Crippen LogP contribution in [0.4, 0.5) is 10.1 Å². The molecule has 0 saturated carbocycles. The third-order valence-corrected chi connectivity index (χ3v) is 7.17. The molecule has 0 amide bonds. The van der Waals surface area contributed by atoms with Gasteiger partial charge in [0.15, 0.2) is 0 Å². The fraction of sp³-hybridized carbons (Fsp3) is 0.379. The first-order valence-electron chi connectivity index (χ1n) is 12.3. The molecule has 2 aliphatic heterocycles. The monoisotopic (exact) mass is 460 g/mol. The quantitative estimate of drug-likeness (QED) is 0.466. The summed E-state index contributed by atoms with van der Waals surface area (Å²) in [6.45, 7) is 4.01. The molecular weight excluding hydrogens is 427 g/mol. The Morgan fingerprint density at radius 2 is 1.76 bits per heavy atom. The standard InChI is InChI=1S/C29H33FN2O2/c1-20(28-5-3-4-16-31-28)34-25-12-6-21(7-13-25)17-29-27-15-14-26(33-2)18-22(27)19-32(29)24-10-8-23(30)9-11-24/h6-15,18,20,28-29,31H,3-5,16-17,19H2,1-2H3. The summed E-state index contributed by atoms with van der Waals surface area (Å²) < 4.78 is 25.3. The van der Waals surface area contributed by atoms with Gasteiger partial charge in [0.05, 0.1) is 13.2 Å². The number of anilines is 1. The molecule has 5 rings (SSSR count). The van der Waals surface area contributed by atoms with Gasteiger partial charge < -0.3 is 19.7 Å². The summed E-state index contributed by atoms with van der Waals surface area (Å²) >= 11 is 0. The van der Waals surface area contributed by atoms with E-state index in [4.69, 9.17) is 9.47 Å². The predicted molar refractivity (Wildman–Crippen MR) is 134 cm³/mol. The lowest BCUT2D eigenvalue weighted by Crippen LogP contribution is -2.44. The van der Waals surface area contributed by atoms with E-state index in [2.05, 4.69) is 53.5 Å². The van der Waals surface area contributed by atoms with Crippen LogP contribution in [0.3, 0.4) is 0 Å². The van der Waals surface area contributed by atoms with Crippen LogP contribution in [0.25, 0.3) is 0 Å². The number of piperidine rings is 1. The predicted octanol–water partition coefficient (Wildman–Crippen LogP) is 6.05. The van der Waals surface area contributed by atoms with Gasteiger partial charge in [0.2, 0.25) is 0 Å². The van der Waals surface area contributed by atoms with Gasteiger partial charge in [0, 0.05) is 18.3 Å². The molecule has 0 bridgehead atoms. The zero-order valence-electron chi connectivity index (χ0n) is 20.0. The first-order chi connectivity index (χ1) is 16.6. The number of rotatable bonds is 7. The van der Waals surface area contributed by atoms with Gasteiger partial charge in [-0.2, -0.15) is 0 Å². The van der Waals surface area contributed by atoms with Crippen LogP contribution in [0.5, 0.6) is 11.5 Å². The molecule has 2 aliphatic rings. The van der Waals surface area contributed by atoms with E-state index in [1.165, 1.54) is 48.1 Å². The van der Waals surface area contributed by atoms with Crippen molar-refractivity contribution in [2.24, 2.45) is 0 Å². The smallest absolute Gasteiger partial charge is 0.123 e. The molecule has 1 N–H and O–H groups in total. The van der Waals surface area contributed by atoms with E-state index in [9.17, 15) is 4.39 Å². The number of ether oxygens (including phenoxy) is 2. The molecule has 1 fully saturated rings. The third-order valence-electron chi connectivity index (χ3n) is 7.17. The molecule has 0 aromatic heterocycles. The minimum atomic E-state index is -0.216. The Balaban J connectivity index is 1.34. The van der Waals surface area contributed by atoms with Gasteiger partial charge in [-0.15, -0.1) is 0 Å². The normalized spacial score (nSPS) is 20.6. The Bertz CT molecular complexity index is 1090. The van der Waals surface area contributed by atoms with Crippen LogP contribution < -0.4 is 19.7 Å². The lowest BCUT2D eigenvalue weighted by Gasteiger charge is -2.29. The molecule has 1 saturated heterocycles. The van der Waals surface area contributed by atoms with Gasteiger partial charge in [-0.1, -0.05) is 24.6 Å². The number of nitrogens with zero attached hydrogens (tertiary/aromatic N) is 1. The van der Waals surface area contributed by atoms with Crippen molar-refractivity contribution in [3.63, 3.8) is 0 Å². The molecule has 178 valence electrons. The molecule has 2 heterocycles. The average molecular weight is 461 g/mol. The maximum absolute atomic E-state index is 13.6. The molecule has 0 radical (unpaired) electrons. The molecule has 0 spiro atoms. The van der Waals surface area contributed by atoms with E-state index >= 15 is 0 Å². The molecule has 34 heavy (non-hydrogen) atoms. The van der Waals surface area contributed by atoms with Crippen molar-refractivity contribution >= 4 is 5.69 Å². The number of nitrogens with one attached hydrogen (secondary N) is 1. The maximum Gasteiger partial charge on any atom is 0.123 e. The molecular formula is C29H33FN2O2. The molecule has 4 nitrogen and oxygen atoms in total. The van der Waals surface area contributed by atoms with E-state index < -0.39 is 0 Å². The van der Waals surface area contributed by atoms with Gasteiger partial charge in [0.25, 0.3) is 0 Å². The van der Waals surface area contributed by atoms with Gasteiger partial charge >= 0.3 is 0 Å². The van der Waals surface area contributed by atoms with Crippen molar-refractivity contribution in [2.45, 2.75) is 57.3 Å². The van der Waals surface area contributed by atoms with Crippen LogP contribution in [0.1, 0.15) is 48.9 Å². The second kappa shape index (κ2) is 10.1. The molecule has 3 aromatic rings. The van der Waals surface area contributed by atoms with Crippen molar-refractivity contribution < 1.29 is 13.9 Å². The Morgan fingerprint density at radius 3 is 2.47 bits per heavy atom. The highest BCUT2D eigenvalue weighted by molar-refractivity contribution is 5.56. The minimum Gasteiger partial charge on any atom is -0.497 e. The zero-order chi connectivity index (χ0) is 23.5. The molecule has 0 aliphatic carbocycles. The molecule has 5 heteroatoms. The summed E-state index contributed by atoms with van der Waals surface area (Å²) in [5, 5.41) is 3.58. The van der Waals surface area contributed by atoms with Crippen molar-refractivity contribution in [3.05, 3.63) is 89.2 Å². The van der Waals surface area contributed by atoms with Gasteiger partial charge in [-0.05, 0) is 98.0 Å². The lowest BCUT2D eigenvalue weighted by molar-refractivity contribution is 0.152. The van der Waals surface area contributed by atoms with E-state index in [1.54, 1.807) is 7.11 Å². The van der Waals surface area contributed by atoms with Gasteiger partial charge in [0.1, 0.15) is 23.4 Å². The summed E-state index contributed by atoms with van der Waals surface area (Å²) in [6.07, 6.45) is 4.70. The van der Waals surface area contributed by atoms with Crippen LogP contribution in [-0.4, -0.2) is 25.8 Å². The second-order valence-corrected chi connectivity index (χ2v) is 9.41. The van der Waals surface area contributed by atoms with Crippen molar-refractivity contribution in [2.75, 3.05) is 18.6 Å². The summed E-state index contributed by atoms with van der Waals surface area (Å²) in [6, 6.07) is 22.2.